The van der Waals surface area contributed by atoms with E-state index in [1.54, 1.807) is 13.0 Å². The van der Waals surface area contributed by atoms with Gasteiger partial charge in [-0.25, -0.2) is 4.79 Å². The van der Waals surface area contributed by atoms with E-state index in [1.165, 1.54) is 0 Å². The highest BCUT2D eigenvalue weighted by Gasteiger charge is 2.33. The molecule has 1 aliphatic heterocycles. The molecule has 1 aliphatic rings. The number of hydrogen-bond acceptors (Lipinski definition) is 3. The van der Waals surface area contributed by atoms with E-state index in [0.29, 0.717) is 11.3 Å². The molecule has 0 aromatic heterocycles. The van der Waals surface area contributed by atoms with Gasteiger partial charge in [0, 0.05) is 4.47 Å². The lowest BCUT2D eigenvalue weighted by atomic mass is 10.0. The van der Waals surface area contributed by atoms with Crippen molar-refractivity contribution in [3.8, 4) is 5.75 Å². The number of benzene rings is 1. The van der Waals surface area contributed by atoms with Crippen molar-refractivity contribution in [2.24, 2.45) is 0 Å². The molecule has 0 saturated carbocycles. The maximum atomic E-state index is 11.4. The van der Waals surface area contributed by atoms with E-state index >= 15 is 0 Å². The van der Waals surface area contributed by atoms with Gasteiger partial charge in [-0.2, -0.15) is 0 Å². The Kier molecular flexibility index (Phi) is 1.96. The number of hydrogen-bond donors (Lipinski definition) is 0. The van der Waals surface area contributed by atoms with Crippen molar-refractivity contribution in [1.29, 1.82) is 0 Å². The Morgan fingerprint density at radius 1 is 1.29 bits per heavy atom. The van der Waals surface area contributed by atoms with Crippen molar-refractivity contribution >= 4 is 27.7 Å². The first-order valence-corrected chi connectivity index (χ1v) is 4.88. The van der Waals surface area contributed by atoms with E-state index in [4.69, 9.17) is 4.74 Å². The number of Topliss-reactive ketones (excluding diaryl/α,β-unsaturated/α-hetero) is 1. The van der Waals surface area contributed by atoms with Crippen molar-refractivity contribution < 1.29 is 14.3 Å². The second kappa shape index (κ2) is 2.92. The molecule has 0 aliphatic carbocycles. The lowest BCUT2D eigenvalue weighted by Gasteiger charge is -2.05. The summed E-state index contributed by atoms with van der Waals surface area (Å²) in [7, 11) is 0. The summed E-state index contributed by atoms with van der Waals surface area (Å²) in [5.74, 6) is -0.975. The molecule has 3 nitrogen and oxygen atoms in total. The van der Waals surface area contributed by atoms with Gasteiger partial charge in [-0.15, -0.1) is 0 Å². The average Bonchev–Trinajstić information content (AvgIpc) is 2.39. The van der Waals surface area contributed by atoms with Gasteiger partial charge in [0.05, 0.1) is 5.56 Å². The molecule has 0 amide bonds. The van der Waals surface area contributed by atoms with Crippen LogP contribution in [0.15, 0.2) is 10.5 Å². The Morgan fingerprint density at radius 3 is 2.57 bits per heavy atom. The van der Waals surface area contributed by atoms with Crippen LogP contribution in [0.3, 0.4) is 0 Å². The second-order valence-electron chi connectivity index (χ2n) is 3.22. The predicted octanol–water partition coefficient (Wildman–Crippen LogP) is 2.17. The summed E-state index contributed by atoms with van der Waals surface area (Å²) in [5, 5.41) is 0. The van der Waals surface area contributed by atoms with Gasteiger partial charge in [0.1, 0.15) is 5.75 Å². The van der Waals surface area contributed by atoms with Crippen molar-refractivity contribution in [2.75, 3.05) is 0 Å². The lowest BCUT2D eigenvalue weighted by Crippen LogP contribution is -2.11. The van der Waals surface area contributed by atoms with Crippen LogP contribution in [0, 0.1) is 13.8 Å². The van der Waals surface area contributed by atoms with E-state index in [0.717, 1.165) is 15.6 Å². The minimum absolute atomic E-state index is 0.373. The van der Waals surface area contributed by atoms with E-state index < -0.39 is 11.8 Å². The summed E-state index contributed by atoms with van der Waals surface area (Å²) < 4.78 is 5.68. The van der Waals surface area contributed by atoms with Gasteiger partial charge in [0.2, 0.25) is 0 Å². The van der Waals surface area contributed by atoms with Gasteiger partial charge in [-0.3, -0.25) is 4.79 Å². The van der Waals surface area contributed by atoms with Gasteiger partial charge in [0.15, 0.2) is 0 Å². The van der Waals surface area contributed by atoms with Crippen molar-refractivity contribution in [3.63, 3.8) is 0 Å². The van der Waals surface area contributed by atoms with Crippen LogP contribution in [-0.4, -0.2) is 11.8 Å². The molecule has 0 spiro atoms. The van der Waals surface area contributed by atoms with Crippen molar-refractivity contribution in [1.82, 2.24) is 0 Å². The van der Waals surface area contributed by atoms with Crippen LogP contribution in [0.2, 0.25) is 0 Å². The standard InChI is InChI=1S/C10H7BrO3/c1-4-3-6-7(5(2)8(4)11)9(12)10(13)14-6/h3H,1-2H3. The third-order valence-electron chi connectivity index (χ3n) is 2.26. The van der Waals surface area contributed by atoms with Crippen molar-refractivity contribution in [3.05, 3.63) is 27.2 Å². The first kappa shape index (κ1) is 9.40. The first-order valence-electron chi connectivity index (χ1n) is 4.08. The Hall–Kier alpha value is -1.16. The number of esters is 1. The smallest absolute Gasteiger partial charge is 0.385 e. The SMILES string of the molecule is Cc1cc2c(c(C)c1Br)C(=O)C(=O)O2. The molecule has 4 heteroatoms. The van der Waals surface area contributed by atoms with Crippen LogP contribution in [0.5, 0.6) is 5.75 Å². The van der Waals surface area contributed by atoms with E-state index in [2.05, 4.69) is 15.9 Å². The zero-order valence-electron chi connectivity index (χ0n) is 7.68. The molecule has 14 heavy (non-hydrogen) atoms. The number of ether oxygens (including phenoxy) is 1. The Morgan fingerprint density at radius 2 is 1.93 bits per heavy atom. The van der Waals surface area contributed by atoms with Gasteiger partial charge < -0.3 is 4.74 Å². The van der Waals surface area contributed by atoms with Crippen LogP contribution in [0.25, 0.3) is 0 Å². The Bertz CT molecular complexity index is 463. The molecule has 0 radical (unpaired) electrons. The lowest BCUT2D eigenvalue weighted by molar-refractivity contribution is -0.128. The third kappa shape index (κ3) is 1.10. The number of carbonyl (C=O) groups excluding carboxylic acids is 2. The van der Waals surface area contributed by atoms with Gasteiger partial charge >= 0.3 is 5.97 Å². The summed E-state index contributed by atoms with van der Waals surface area (Å²) in [4.78, 5) is 22.4. The molecule has 1 heterocycles. The normalized spacial score (nSPS) is 14.2. The summed E-state index contributed by atoms with van der Waals surface area (Å²) in [5.41, 5.74) is 2.09. The predicted molar refractivity (Wildman–Crippen MR) is 53.6 cm³/mol. The van der Waals surface area contributed by atoms with Crippen LogP contribution in [0.4, 0.5) is 0 Å². The molecule has 0 N–H and O–H groups in total. The first-order chi connectivity index (χ1) is 6.52. The number of rotatable bonds is 0. The molecule has 0 unspecified atom stereocenters. The Balaban J connectivity index is 2.77. The molecular formula is C10H7BrO3. The second-order valence-corrected chi connectivity index (χ2v) is 4.02. The van der Waals surface area contributed by atoms with Crippen molar-refractivity contribution in [2.45, 2.75) is 13.8 Å². The van der Waals surface area contributed by atoms with Gasteiger partial charge in [-0.05, 0) is 31.0 Å². The van der Waals surface area contributed by atoms with Crippen LogP contribution < -0.4 is 4.74 Å². The topological polar surface area (TPSA) is 43.4 Å². The van der Waals surface area contributed by atoms with E-state index in [-0.39, 0.29) is 0 Å². The largest absolute Gasteiger partial charge is 0.420 e. The molecule has 0 fully saturated rings. The van der Waals surface area contributed by atoms with E-state index in [9.17, 15) is 9.59 Å². The molecule has 0 saturated heterocycles. The van der Waals surface area contributed by atoms with Gasteiger partial charge in [-0.1, -0.05) is 15.9 Å². The average molecular weight is 255 g/mol. The number of ketones is 1. The van der Waals surface area contributed by atoms with E-state index in [1.807, 2.05) is 6.92 Å². The monoisotopic (exact) mass is 254 g/mol. The summed E-state index contributed by atoms with van der Waals surface area (Å²) >= 11 is 3.36. The highest BCUT2D eigenvalue weighted by Crippen LogP contribution is 2.35. The van der Waals surface area contributed by atoms with Crippen LogP contribution in [-0.2, 0) is 4.79 Å². The number of halogens is 1. The molecule has 72 valence electrons. The van der Waals surface area contributed by atoms with Gasteiger partial charge in [0.25, 0.3) is 5.78 Å². The highest BCUT2D eigenvalue weighted by atomic mass is 79.9. The maximum Gasteiger partial charge on any atom is 0.385 e. The molecule has 0 atom stereocenters. The summed E-state index contributed by atoms with van der Waals surface area (Å²) in [6, 6.07) is 1.69. The molecule has 1 aromatic carbocycles. The molecular weight excluding hydrogens is 248 g/mol. The quantitative estimate of drug-likeness (QED) is 0.405. The molecule has 1 aromatic rings. The molecule has 0 bridgehead atoms. The number of aryl methyl sites for hydroxylation is 1. The fourth-order valence-corrected chi connectivity index (χ4v) is 1.85. The Labute approximate surface area is 89.2 Å². The zero-order chi connectivity index (χ0) is 10.5. The fraction of sp³-hybridized carbons (Fsp3) is 0.200. The van der Waals surface area contributed by atoms with Crippen LogP contribution >= 0.6 is 15.9 Å². The molecule has 2 rings (SSSR count). The number of fused-ring (bicyclic) bond motifs is 1. The maximum absolute atomic E-state index is 11.4. The highest BCUT2D eigenvalue weighted by molar-refractivity contribution is 9.10. The minimum atomic E-state index is -0.791. The minimum Gasteiger partial charge on any atom is -0.420 e. The fourth-order valence-electron chi connectivity index (χ4n) is 1.53. The van der Waals surface area contributed by atoms with Crippen LogP contribution in [0.1, 0.15) is 21.5 Å². The number of carbonyl (C=O) groups is 2. The summed E-state index contributed by atoms with van der Waals surface area (Å²) in [6.07, 6.45) is 0. The summed E-state index contributed by atoms with van der Waals surface area (Å²) in [6.45, 7) is 3.67. The zero-order valence-corrected chi connectivity index (χ0v) is 9.27. The third-order valence-corrected chi connectivity index (χ3v) is 3.48.